The fourth-order valence-corrected chi connectivity index (χ4v) is 2.35. The Bertz CT molecular complexity index is 532. The smallest absolute Gasteiger partial charge is 0.303 e. The zero-order valence-electron chi connectivity index (χ0n) is 12.1. The van der Waals surface area contributed by atoms with E-state index in [4.69, 9.17) is 5.11 Å². The lowest BCUT2D eigenvalue weighted by atomic mass is 9.98. The third-order valence-corrected chi connectivity index (χ3v) is 3.84. The molecule has 0 fully saturated rings. The number of carboxylic acid groups (broad SMARTS) is 1. The first kappa shape index (κ1) is 17.6. The molecule has 0 aliphatic rings. The van der Waals surface area contributed by atoms with Crippen LogP contribution in [0.15, 0.2) is 22.7 Å². The summed E-state index contributed by atoms with van der Waals surface area (Å²) < 4.78 is 13.9. The summed E-state index contributed by atoms with van der Waals surface area (Å²) in [6.07, 6.45) is 0.998. The van der Waals surface area contributed by atoms with Gasteiger partial charge in [0.1, 0.15) is 5.82 Å². The quantitative estimate of drug-likeness (QED) is 0.784. The van der Waals surface area contributed by atoms with Crippen LogP contribution in [0.3, 0.4) is 0 Å². The van der Waals surface area contributed by atoms with E-state index in [2.05, 4.69) is 21.2 Å². The van der Waals surface area contributed by atoms with Crippen LogP contribution in [0.1, 0.15) is 38.7 Å². The second-order valence-corrected chi connectivity index (χ2v) is 6.42. The molecule has 0 radical (unpaired) electrons. The van der Waals surface area contributed by atoms with Crippen LogP contribution in [0, 0.1) is 5.82 Å². The van der Waals surface area contributed by atoms with Crippen LogP contribution in [0.2, 0.25) is 0 Å². The maximum absolute atomic E-state index is 13.1. The maximum atomic E-state index is 13.1. The standard InChI is InChI=1S/C15H19BrFNO3/c1-15(2,8-7-14(20)21)18-13(19)6-3-10-9-11(17)4-5-12(10)16/h4-5,9H,3,6-8H2,1-2H3,(H,18,19)(H,20,21). The van der Waals surface area contributed by atoms with Crippen LogP contribution < -0.4 is 5.32 Å². The third kappa shape index (κ3) is 6.71. The van der Waals surface area contributed by atoms with Crippen molar-refractivity contribution in [1.82, 2.24) is 5.32 Å². The number of carbonyl (C=O) groups is 2. The Morgan fingerprint density at radius 1 is 1.33 bits per heavy atom. The number of hydrogen-bond acceptors (Lipinski definition) is 2. The van der Waals surface area contributed by atoms with Gasteiger partial charge in [-0.3, -0.25) is 9.59 Å². The van der Waals surface area contributed by atoms with Crippen molar-refractivity contribution in [1.29, 1.82) is 0 Å². The first-order valence-electron chi connectivity index (χ1n) is 6.66. The number of amides is 1. The molecule has 0 aliphatic carbocycles. The van der Waals surface area contributed by atoms with Crippen LogP contribution >= 0.6 is 15.9 Å². The van der Waals surface area contributed by atoms with Crippen LogP contribution in [0.25, 0.3) is 0 Å². The van der Waals surface area contributed by atoms with Gasteiger partial charge in [0.05, 0.1) is 0 Å². The number of benzene rings is 1. The fraction of sp³-hybridized carbons (Fsp3) is 0.467. The summed E-state index contributed by atoms with van der Waals surface area (Å²) in [6, 6.07) is 4.36. The summed E-state index contributed by atoms with van der Waals surface area (Å²) in [4.78, 5) is 22.5. The molecule has 0 saturated carbocycles. The molecule has 1 rings (SSSR count). The van der Waals surface area contributed by atoms with E-state index in [1.165, 1.54) is 12.1 Å². The van der Waals surface area contributed by atoms with Crippen LogP contribution in [-0.2, 0) is 16.0 Å². The van der Waals surface area contributed by atoms with Crippen LogP contribution in [0.4, 0.5) is 4.39 Å². The van der Waals surface area contributed by atoms with Gasteiger partial charge in [0.2, 0.25) is 5.91 Å². The Balaban J connectivity index is 2.50. The molecule has 0 aromatic heterocycles. The zero-order valence-corrected chi connectivity index (χ0v) is 13.7. The minimum Gasteiger partial charge on any atom is -0.481 e. The summed E-state index contributed by atoms with van der Waals surface area (Å²) in [6.45, 7) is 3.57. The van der Waals surface area contributed by atoms with Gasteiger partial charge in [-0.15, -0.1) is 0 Å². The highest BCUT2D eigenvalue weighted by Gasteiger charge is 2.21. The van der Waals surface area contributed by atoms with Gasteiger partial charge in [-0.25, -0.2) is 4.39 Å². The molecule has 21 heavy (non-hydrogen) atoms. The molecule has 6 heteroatoms. The van der Waals surface area contributed by atoms with Gasteiger partial charge in [0, 0.05) is 22.9 Å². The minimum absolute atomic E-state index is 0.00270. The fourth-order valence-electron chi connectivity index (χ4n) is 1.90. The average Bonchev–Trinajstić information content (AvgIpc) is 2.37. The van der Waals surface area contributed by atoms with Crippen molar-refractivity contribution >= 4 is 27.8 Å². The van der Waals surface area contributed by atoms with Gasteiger partial charge in [0.15, 0.2) is 0 Å². The second kappa shape index (κ2) is 7.54. The Hall–Kier alpha value is -1.43. The van der Waals surface area contributed by atoms with Gasteiger partial charge >= 0.3 is 5.97 Å². The molecule has 2 N–H and O–H groups in total. The molecule has 1 amide bonds. The van der Waals surface area contributed by atoms with Crippen molar-refractivity contribution in [3.05, 3.63) is 34.1 Å². The normalized spacial score (nSPS) is 11.2. The predicted octanol–water partition coefficient (Wildman–Crippen LogP) is 3.28. The minimum atomic E-state index is -0.888. The summed E-state index contributed by atoms with van der Waals surface area (Å²) >= 11 is 3.32. The number of aliphatic carboxylic acids is 1. The molecular weight excluding hydrogens is 341 g/mol. The Labute approximate surface area is 131 Å². The van der Waals surface area contributed by atoms with Gasteiger partial charge in [-0.2, -0.15) is 0 Å². The highest BCUT2D eigenvalue weighted by molar-refractivity contribution is 9.10. The van der Waals surface area contributed by atoms with Gasteiger partial charge in [-0.1, -0.05) is 15.9 Å². The average molecular weight is 360 g/mol. The Kier molecular flexibility index (Phi) is 6.33. The Morgan fingerprint density at radius 3 is 2.62 bits per heavy atom. The van der Waals surface area contributed by atoms with E-state index in [-0.39, 0.29) is 24.6 Å². The van der Waals surface area contributed by atoms with E-state index < -0.39 is 11.5 Å². The highest BCUT2D eigenvalue weighted by Crippen LogP contribution is 2.19. The summed E-state index contributed by atoms with van der Waals surface area (Å²) in [5, 5.41) is 11.5. The summed E-state index contributed by atoms with van der Waals surface area (Å²) in [5.41, 5.74) is 0.155. The van der Waals surface area contributed by atoms with Crippen molar-refractivity contribution < 1.29 is 19.1 Å². The van der Waals surface area contributed by atoms with Crippen molar-refractivity contribution in [2.75, 3.05) is 0 Å². The van der Waals surface area contributed by atoms with Crippen molar-refractivity contribution in [3.8, 4) is 0 Å². The maximum Gasteiger partial charge on any atom is 0.303 e. The molecule has 0 bridgehead atoms. The van der Waals surface area contributed by atoms with E-state index in [9.17, 15) is 14.0 Å². The van der Waals surface area contributed by atoms with Gasteiger partial charge in [-0.05, 0) is 50.5 Å². The number of rotatable bonds is 7. The van der Waals surface area contributed by atoms with E-state index in [0.29, 0.717) is 12.8 Å². The number of carbonyl (C=O) groups excluding carboxylic acids is 1. The van der Waals surface area contributed by atoms with Crippen molar-refractivity contribution in [2.45, 2.75) is 45.1 Å². The molecule has 1 aromatic carbocycles. The number of hydrogen-bond donors (Lipinski definition) is 2. The summed E-state index contributed by atoms with van der Waals surface area (Å²) in [5.74, 6) is -1.40. The molecular formula is C15H19BrFNO3. The van der Waals surface area contributed by atoms with Crippen molar-refractivity contribution in [3.63, 3.8) is 0 Å². The number of halogens is 2. The highest BCUT2D eigenvalue weighted by atomic mass is 79.9. The van der Waals surface area contributed by atoms with E-state index in [0.717, 1.165) is 10.0 Å². The third-order valence-electron chi connectivity index (χ3n) is 3.07. The molecule has 0 spiro atoms. The van der Waals surface area contributed by atoms with E-state index in [1.807, 2.05) is 0 Å². The number of aryl methyl sites for hydroxylation is 1. The topological polar surface area (TPSA) is 66.4 Å². The van der Waals surface area contributed by atoms with E-state index >= 15 is 0 Å². The van der Waals surface area contributed by atoms with E-state index in [1.54, 1.807) is 19.9 Å². The van der Waals surface area contributed by atoms with Gasteiger partial charge in [0.25, 0.3) is 0 Å². The van der Waals surface area contributed by atoms with Gasteiger partial charge < -0.3 is 10.4 Å². The SMILES string of the molecule is CC(C)(CCC(=O)O)NC(=O)CCc1cc(F)ccc1Br. The van der Waals surface area contributed by atoms with Crippen molar-refractivity contribution in [2.24, 2.45) is 0 Å². The molecule has 1 aromatic rings. The molecule has 0 saturated heterocycles. The molecule has 0 unspecified atom stereocenters. The number of carboxylic acids is 1. The predicted molar refractivity (Wildman–Crippen MR) is 81.5 cm³/mol. The zero-order chi connectivity index (χ0) is 16.0. The summed E-state index contributed by atoms with van der Waals surface area (Å²) in [7, 11) is 0. The Morgan fingerprint density at radius 2 is 2.00 bits per heavy atom. The second-order valence-electron chi connectivity index (χ2n) is 5.56. The number of nitrogens with one attached hydrogen (secondary N) is 1. The first-order valence-corrected chi connectivity index (χ1v) is 7.46. The lowest BCUT2D eigenvalue weighted by molar-refractivity contribution is -0.137. The largest absolute Gasteiger partial charge is 0.481 e. The monoisotopic (exact) mass is 359 g/mol. The van der Waals surface area contributed by atoms with Crippen LogP contribution in [-0.4, -0.2) is 22.5 Å². The molecule has 0 heterocycles. The first-order chi connectivity index (χ1) is 9.69. The molecule has 4 nitrogen and oxygen atoms in total. The lowest BCUT2D eigenvalue weighted by Gasteiger charge is -2.25. The molecule has 116 valence electrons. The van der Waals surface area contributed by atoms with Crippen LogP contribution in [0.5, 0.6) is 0 Å². The molecule has 0 aliphatic heterocycles. The lowest BCUT2D eigenvalue weighted by Crippen LogP contribution is -2.43. The molecule has 0 atom stereocenters.